The molecule has 0 spiro atoms. The van der Waals surface area contributed by atoms with Crippen LogP contribution in [0.5, 0.6) is 0 Å². The molecule has 12 aromatic rings. The lowest BCUT2D eigenvalue weighted by Gasteiger charge is -2.29. The van der Waals surface area contributed by atoms with Crippen molar-refractivity contribution in [3.8, 4) is 44.5 Å². The highest BCUT2D eigenvalue weighted by molar-refractivity contribution is 6.31. The number of likely N-dealkylation sites (tertiary alicyclic amines) is 3. The van der Waals surface area contributed by atoms with E-state index in [0.717, 1.165) is 41.5 Å². The SMILES string of the molecule is CN1CCC(c2cnc(N)c(-c3ccc(C(=O)N[C@H](CO)c4cccc(Cl)c4)c(F)c3)c2)CC1=O.CN1CC[C@@H](c2cnc(N)c(-c3ccc(C(=O)N[C@H](CO)c4cccc(Cl)c4)c(F)c3)c2)CC1=O.CN1CC[C@H](c2cnc(N)c(-c3ccc(C(=O)N[C@H](CO)c4cccc(Cl)c4)c(F)c3)c2)CC1=O.Nc1ncc(C2CCC(=O)NC2)cc1-c1ccc(C(=O)N[C@H](CO)c2cccc(Cl)c2)c(F)c1. The van der Waals surface area contributed by atoms with Crippen LogP contribution in [0.25, 0.3) is 44.5 Å². The Labute approximate surface area is 818 Å². The number of aromatic nitrogens is 4. The van der Waals surface area contributed by atoms with Crippen molar-refractivity contribution in [3.63, 3.8) is 0 Å². The Balaban J connectivity index is 0.000000156. The molecule has 4 aliphatic heterocycles. The zero-order chi connectivity index (χ0) is 99.6. The molecule has 139 heavy (non-hydrogen) atoms. The van der Waals surface area contributed by atoms with Gasteiger partial charge in [-0.05, 0) is 232 Å². The summed E-state index contributed by atoms with van der Waals surface area (Å²) >= 11 is 24.0. The first-order valence-corrected chi connectivity index (χ1v) is 46.0. The molecule has 16 rings (SSSR count). The molecule has 0 bridgehead atoms. The first kappa shape index (κ1) is 102. The lowest BCUT2D eigenvalue weighted by molar-refractivity contribution is -0.133. The number of nitrogens with two attached hydrogens (primary N) is 4. The van der Waals surface area contributed by atoms with Crippen molar-refractivity contribution >= 4 is 117 Å². The number of carbonyl (C=O) groups is 8. The molecular weight excluding hydrogens is 1870 g/mol. The van der Waals surface area contributed by atoms with E-state index in [-0.39, 0.29) is 119 Å². The van der Waals surface area contributed by atoms with Gasteiger partial charge in [0.1, 0.15) is 46.5 Å². The number of pyridine rings is 4. The van der Waals surface area contributed by atoms with E-state index in [0.29, 0.717) is 145 Å². The topological polar surface area (TPSA) is 443 Å². The van der Waals surface area contributed by atoms with E-state index < -0.39 is 71.1 Å². The number of amides is 8. The molecule has 28 nitrogen and oxygen atoms in total. The lowest BCUT2D eigenvalue weighted by atomic mass is 9.88. The van der Waals surface area contributed by atoms with Crippen molar-refractivity contribution in [2.45, 2.75) is 99.2 Å². The number of anilines is 4. The van der Waals surface area contributed by atoms with Gasteiger partial charge in [-0.2, -0.15) is 0 Å². The summed E-state index contributed by atoms with van der Waals surface area (Å²) in [5.74, 6) is -4.31. The maximum atomic E-state index is 15.0. The monoisotopic (exact) mass is 1970 g/mol. The normalized spacial score (nSPS) is 16.7. The van der Waals surface area contributed by atoms with Crippen LogP contribution in [0.1, 0.15) is 185 Å². The van der Waals surface area contributed by atoms with Gasteiger partial charge in [-0.1, -0.05) is 119 Å². The summed E-state index contributed by atoms with van der Waals surface area (Å²) in [4.78, 5) is 121. The van der Waals surface area contributed by atoms with Crippen LogP contribution < -0.4 is 49.5 Å². The molecule has 8 atom stereocenters. The number of nitrogen functional groups attached to an aromatic ring is 4. The van der Waals surface area contributed by atoms with Gasteiger partial charge in [-0.25, -0.2) is 37.5 Å². The van der Waals surface area contributed by atoms with Crippen LogP contribution in [-0.4, -0.2) is 176 Å². The Kier molecular flexibility index (Phi) is 34.6. The van der Waals surface area contributed by atoms with Crippen molar-refractivity contribution in [2.75, 3.05) is 96.7 Å². The fourth-order valence-corrected chi connectivity index (χ4v) is 17.5. The van der Waals surface area contributed by atoms with E-state index in [1.165, 1.54) is 48.5 Å². The van der Waals surface area contributed by atoms with Gasteiger partial charge in [0.2, 0.25) is 23.6 Å². The van der Waals surface area contributed by atoms with Crippen molar-refractivity contribution in [2.24, 2.45) is 0 Å². The van der Waals surface area contributed by atoms with Gasteiger partial charge in [0.25, 0.3) is 23.6 Å². The summed E-state index contributed by atoms with van der Waals surface area (Å²) in [5, 5.41) is 54.1. The van der Waals surface area contributed by atoms with Crippen molar-refractivity contribution < 1.29 is 76.3 Å². The maximum absolute atomic E-state index is 15.0. The average molecular weight is 1970 g/mol. The standard InChI is InChI=1S/3C26H26ClFN4O3.C25H24ClFN4O3/c3*1-32-8-7-15(12-24(32)34)18-10-21(25(29)30-13-18)16-5-6-20(22(28)11-16)26(35)31-23(14-33)17-3-2-4-19(27)9-17;26-18-3-1-2-15(8-18)22(13-32)31-25(34)19-6-4-14(10-21(19)27)20-9-17(12-30-24(20)28)16-5-7-23(33)29-11-16/h3*2-6,9-11,13,15,23,33H,7-8,12,14H2,1H3,(H2,29,30)(H,31,35);1-4,6,8-10,12,16,22,32H,5,7,11,13H2,(H2,28,30)(H,29,33)(H,31,34)/t15?,23-;15-,23+;15-,23-;16?,22-/m1011/s1. The largest absolute Gasteiger partial charge is 0.394 e. The van der Waals surface area contributed by atoms with Crippen molar-refractivity contribution in [1.29, 1.82) is 0 Å². The summed E-state index contributed by atoms with van der Waals surface area (Å²) in [7, 11) is 5.34. The summed E-state index contributed by atoms with van der Waals surface area (Å²) in [6, 6.07) is 48.1. The van der Waals surface area contributed by atoms with Crippen LogP contribution in [0.2, 0.25) is 20.1 Å². The molecule has 722 valence electrons. The minimum absolute atomic E-state index is 0.0161. The van der Waals surface area contributed by atoms with Gasteiger partial charge < -0.3 is 84.6 Å². The summed E-state index contributed by atoms with van der Waals surface area (Å²) in [6.07, 6.45) is 11.3. The van der Waals surface area contributed by atoms with Gasteiger partial charge in [0, 0.05) is 146 Å². The average Bonchev–Trinajstić information content (AvgIpc) is 0.802. The van der Waals surface area contributed by atoms with Crippen molar-refractivity contribution in [3.05, 3.63) is 329 Å². The minimum Gasteiger partial charge on any atom is -0.394 e. The molecule has 0 saturated carbocycles. The quantitative estimate of drug-likeness (QED) is 0.0250. The molecule has 2 unspecified atom stereocenters. The first-order valence-electron chi connectivity index (χ1n) is 44.5. The van der Waals surface area contributed by atoms with E-state index in [1.807, 2.05) is 24.3 Å². The number of hydrogen-bond acceptors (Lipinski definition) is 20. The summed E-state index contributed by atoms with van der Waals surface area (Å²) in [5.41, 5.74) is 33.6. The number of nitrogens with one attached hydrogen (secondary N) is 5. The molecule has 4 aromatic heterocycles. The highest BCUT2D eigenvalue weighted by Gasteiger charge is 2.32. The Bertz CT molecular complexity index is 6120. The number of rotatable bonds is 24. The molecule has 36 heteroatoms. The Hall–Kier alpha value is -14.0. The molecule has 8 amide bonds. The van der Waals surface area contributed by atoms with E-state index >= 15 is 13.2 Å². The third kappa shape index (κ3) is 25.9. The molecule has 0 aliphatic carbocycles. The molecule has 4 saturated heterocycles. The summed E-state index contributed by atoms with van der Waals surface area (Å²) in [6.45, 7) is 0.988. The zero-order valence-electron chi connectivity index (χ0n) is 75.7. The molecule has 8 aromatic carbocycles. The minimum atomic E-state index is -0.742. The lowest BCUT2D eigenvalue weighted by Crippen LogP contribution is -2.34. The predicted octanol–water partition coefficient (Wildman–Crippen LogP) is 15.3. The second-order valence-corrected chi connectivity index (χ2v) is 35.9. The van der Waals surface area contributed by atoms with E-state index in [2.05, 4.69) is 46.5 Å². The molecular formula is C103H102Cl4F4N16O12. The number of nitrogens with zero attached hydrogens (tertiary/aromatic N) is 7. The second-order valence-electron chi connectivity index (χ2n) is 34.2. The number of hydrogen-bond donors (Lipinski definition) is 13. The van der Waals surface area contributed by atoms with Crippen LogP contribution in [-0.2, 0) is 19.2 Å². The van der Waals surface area contributed by atoms with Gasteiger partial charge >= 0.3 is 0 Å². The molecule has 4 aliphatic rings. The fourth-order valence-electron chi connectivity index (χ4n) is 16.7. The Morgan fingerprint density at radius 3 is 0.820 bits per heavy atom. The third-order valence-corrected chi connectivity index (χ3v) is 25.9. The number of benzene rings is 8. The van der Waals surface area contributed by atoms with Crippen LogP contribution in [0.4, 0.5) is 40.8 Å². The zero-order valence-corrected chi connectivity index (χ0v) is 78.8. The molecule has 4 fully saturated rings. The third-order valence-electron chi connectivity index (χ3n) is 24.9. The van der Waals surface area contributed by atoms with Crippen molar-refractivity contribution in [1.82, 2.24) is 61.2 Å². The van der Waals surface area contributed by atoms with Crippen LogP contribution >= 0.6 is 46.4 Å². The van der Waals surface area contributed by atoms with E-state index in [9.17, 15) is 63.2 Å². The van der Waals surface area contributed by atoms with Crippen LogP contribution in [0, 0.1) is 23.3 Å². The fraction of sp³-hybridized carbons (Fsp3) is 0.262. The number of aliphatic hydroxyl groups is 4. The van der Waals surface area contributed by atoms with Gasteiger partial charge in [-0.3, -0.25) is 38.4 Å². The highest BCUT2D eigenvalue weighted by Crippen LogP contribution is 2.40. The Morgan fingerprint density at radius 2 is 0.612 bits per heavy atom. The Morgan fingerprint density at radius 1 is 0.367 bits per heavy atom. The van der Waals surface area contributed by atoms with Crippen LogP contribution in [0.15, 0.2) is 219 Å². The van der Waals surface area contributed by atoms with Gasteiger partial charge in [0.05, 0.1) is 72.8 Å². The number of aliphatic hydroxyl groups excluding tert-OH is 4. The first-order chi connectivity index (χ1) is 66.6. The smallest absolute Gasteiger partial charge is 0.254 e. The predicted molar refractivity (Wildman–Crippen MR) is 525 cm³/mol. The van der Waals surface area contributed by atoms with Gasteiger partial charge in [0.15, 0.2) is 0 Å². The highest BCUT2D eigenvalue weighted by atomic mass is 35.5. The number of carbonyl (C=O) groups excluding carboxylic acids is 8. The molecule has 8 heterocycles. The summed E-state index contributed by atoms with van der Waals surface area (Å²) < 4.78 is 60.1. The molecule has 0 radical (unpaired) electrons. The second kappa shape index (κ2) is 46.9. The van der Waals surface area contributed by atoms with E-state index in [1.54, 1.807) is 182 Å². The maximum Gasteiger partial charge on any atom is 0.254 e. The van der Waals surface area contributed by atoms with E-state index in [4.69, 9.17) is 69.3 Å². The van der Waals surface area contributed by atoms with Crippen LogP contribution in [0.3, 0.4) is 0 Å². The molecule has 17 N–H and O–H groups in total. The van der Waals surface area contributed by atoms with Gasteiger partial charge in [-0.15, -0.1) is 0 Å². The number of halogens is 8. The number of piperidine rings is 4.